The number of nitrogens with zero attached hydrogens (tertiary/aromatic N) is 3. The van der Waals surface area contributed by atoms with E-state index in [2.05, 4.69) is 33.0 Å². The van der Waals surface area contributed by atoms with Crippen molar-refractivity contribution in [3.05, 3.63) is 11.9 Å². The first kappa shape index (κ1) is 16.3. The molecular weight excluding hydrogens is 268 g/mol. The van der Waals surface area contributed by atoms with Crippen LogP contribution in [0.4, 0.5) is 5.95 Å². The number of anilines is 1. The van der Waals surface area contributed by atoms with E-state index in [1.54, 1.807) is 0 Å². The second-order valence-electron chi connectivity index (χ2n) is 5.59. The van der Waals surface area contributed by atoms with Gasteiger partial charge in [-0.25, -0.2) is 4.98 Å². The maximum Gasteiger partial charge on any atom is 0.203 e. The molecule has 6 nitrogen and oxygen atoms in total. The van der Waals surface area contributed by atoms with E-state index in [1.165, 1.54) is 0 Å². The Bertz CT molecular complexity index is 422. The van der Waals surface area contributed by atoms with Crippen LogP contribution < -0.4 is 5.32 Å². The number of hydrogen-bond donors (Lipinski definition) is 1. The zero-order valence-corrected chi connectivity index (χ0v) is 13.5. The molecule has 1 saturated heterocycles. The van der Waals surface area contributed by atoms with E-state index in [0.29, 0.717) is 0 Å². The minimum absolute atomic E-state index is 0.234. The Kier molecular flexibility index (Phi) is 6.48. The Morgan fingerprint density at radius 2 is 2.38 bits per heavy atom. The number of hydrogen-bond acceptors (Lipinski definition) is 5. The average Bonchev–Trinajstić information content (AvgIpc) is 2.82. The number of aromatic nitrogens is 2. The summed E-state index contributed by atoms with van der Waals surface area (Å²) in [6.45, 7) is 10.1. The largest absolute Gasteiger partial charge is 0.382 e. The van der Waals surface area contributed by atoms with Gasteiger partial charge in [0.15, 0.2) is 0 Å². The third kappa shape index (κ3) is 5.30. The quantitative estimate of drug-likeness (QED) is 0.734. The lowest BCUT2D eigenvalue weighted by atomic mass is 10.3. The highest BCUT2D eigenvalue weighted by Crippen LogP contribution is 2.11. The number of likely N-dealkylation sites (N-methyl/N-ethyl adjacent to an activating group) is 1. The number of aryl methyl sites for hydroxylation is 2. The van der Waals surface area contributed by atoms with Crippen molar-refractivity contribution in [1.29, 1.82) is 0 Å². The van der Waals surface area contributed by atoms with Crippen molar-refractivity contribution in [3.8, 4) is 0 Å². The Hall–Kier alpha value is -1.11. The third-order valence-corrected chi connectivity index (χ3v) is 3.62. The standard InChI is InChI=1S/C15H28N4O2/c1-4-20-8-5-6-19-11-13(2)17-15(19)16-10-14-12-18(3)7-9-21-14/h11,14H,4-10,12H2,1-3H3,(H,16,17). The molecule has 2 rings (SSSR count). The maximum absolute atomic E-state index is 5.77. The summed E-state index contributed by atoms with van der Waals surface area (Å²) < 4.78 is 13.3. The van der Waals surface area contributed by atoms with Gasteiger partial charge in [0.25, 0.3) is 0 Å². The van der Waals surface area contributed by atoms with Crippen molar-refractivity contribution >= 4 is 5.95 Å². The summed E-state index contributed by atoms with van der Waals surface area (Å²) in [4.78, 5) is 6.86. The SMILES string of the molecule is CCOCCCn1cc(C)nc1NCC1CN(C)CCO1. The van der Waals surface area contributed by atoms with E-state index < -0.39 is 0 Å². The molecule has 0 aliphatic carbocycles. The van der Waals surface area contributed by atoms with Crippen LogP contribution in [0.5, 0.6) is 0 Å². The fourth-order valence-corrected chi connectivity index (χ4v) is 2.54. The van der Waals surface area contributed by atoms with E-state index in [9.17, 15) is 0 Å². The van der Waals surface area contributed by atoms with Crippen LogP contribution in [-0.2, 0) is 16.0 Å². The van der Waals surface area contributed by atoms with Crippen LogP contribution in [0.25, 0.3) is 0 Å². The van der Waals surface area contributed by atoms with E-state index in [0.717, 1.165) is 64.1 Å². The molecule has 0 bridgehead atoms. The number of rotatable bonds is 8. The highest BCUT2D eigenvalue weighted by Gasteiger charge is 2.18. The van der Waals surface area contributed by atoms with Gasteiger partial charge in [0.1, 0.15) is 0 Å². The molecule has 1 unspecified atom stereocenters. The van der Waals surface area contributed by atoms with Gasteiger partial charge in [-0.15, -0.1) is 0 Å². The lowest BCUT2D eigenvalue weighted by molar-refractivity contribution is -0.0118. The molecular formula is C15H28N4O2. The zero-order valence-electron chi connectivity index (χ0n) is 13.5. The van der Waals surface area contributed by atoms with Gasteiger partial charge in [-0.05, 0) is 27.3 Å². The van der Waals surface area contributed by atoms with Gasteiger partial charge in [-0.2, -0.15) is 0 Å². The fourth-order valence-electron chi connectivity index (χ4n) is 2.54. The average molecular weight is 296 g/mol. The van der Waals surface area contributed by atoms with Gasteiger partial charge in [-0.1, -0.05) is 0 Å². The molecule has 1 aromatic rings. The molecule has 0 spiro atoms. The number of imidazole rings is 1. The Balaban J connectivity index is 1.81. The molecule has 2 heterocycles. The third-order valence-electron chi connectivity index (χ3n) is 3.62. The molecule has 120 valence electrons. The van der Waals surface area contributed by atoms with Crippen LogP contribution in [0.1, 0.15) is 19.0 Å². The summed E-state index contributed by atoms with van der Waals surface area (Å²) in [5.74, 6) is 0.931. The van der Waals surface area contributed by atoms with Crippen molar-refractivity contribution in [1.82, 2.24) is 14.5 Å². The van der Waals surface area contributed by atoms with E-state index in [1.807, 2.05) is 13.8 Å². The van der Waals surface area contributed by atoms with Gasteiger partial charge in [0.2, 0.25) is 5.95 Å². The van der Waals surface area contributed by atoms with E-state index in [4.69, 9.17) is 9.47 Å². The van der Waals surface area contributed by atoms with Crippen LogP contribution in [0.3, 0.4) is 0 Å². The van der Waals surface area contributed by atoms with Gasteiger partial charge >= 0.3 is 0 Å². The van der Waals surface area contributed by atoms with Crippen LogP contribution in [0, 0.1) is 6.92 Å². The maximum atomic E-state index is 5.77. The molecule has 0 saturated carbocycles. The lowest BCUT2D eigenvalue weighted by Gasteiger charge is -2.30. The van der Waals surface area contributed by atoms with E-state index >= 15 is 0 Å². The minimum Gasteiger partial charge on any atom is -0.382 e. The van der Waals surface area contributed by atoms with Crippen molar-refractivity contribution in [2.75, 3.05) is 51.8 Å². The van der Waals surface area contributed by atoms with Crippen molar-refractivity contribution < 1.29 is 9.47 Å². The molecule has 1 aliphatic heterocycles. The van der Waals surface area contributed by atoms with Crippen molar-refractivity contribution in [2.24, 2.45) is 0 Å². The molecule has 6 heteroatoms. The zero-order chi connectivity index (χ0) is 15.1. The highest BCUT2D eigenvalue weighted by molar-refractivity contribution is 5.29. The molecule has 1 N–H and O–H groups in total. The van der Waals surface area contributed by atoms with Crippen LogP contribution in [-0.4, -0.2) is 67.1 Å². The summed E-state index contributed by atoms with van der Waals surface area (Å²) in [7, 11) is 2.13. The first-order valence-electron chi connectivity index (χ1n) is 7.84. The summed E-state index contributed by atoms with van der Waals surface area (Å²) in [5, 5.41) is 3.42. The van der Waals surface area contributed by atoms with Crippen LogP contribution >= 0.6 is 0 Å². The molecule has 1 fully saturated rings. The van der Waals surface area contributed by atoms with Gasteiger partial charge in [-0.3, -0.25) is 0 Å². The fraction of sp³-hybridized carbons (Fsp3) is 0.800. The highest BCUT2D eigenvalue weighted by atomic mass is 16.5. The Morgan fingerprint density at radius 3 is 3.14 bits per heavy atom. The smallest absolute Gasteiger partial charge is 0.203 e. The Labute approximate surface area is 127 Å². The van der Waals surface area contributed by atoms with Crippen LogP contribution in [0.15, 0.2) is 6.20 Å². The summed E-state index contributed by atoms with van der Waals surface area (Å²) in [5.41, 5.74) is 1.04. The molecule has 0 amide bonds. The minimum atomic E-state index is 0.234. The second-order valence-corrected chi connectivity index (χ2v) is 5.59. The molecule has 1 aliphatic rings. The van der Waals surface area contributed by atoms with Crippen LogP contribution in [0.2, 0.25) is 0 Å². The van der Waals surface area contributed by atoms with Crippen molar-refractivity contribution in [2.45, 2.75) is 32.9 Å². The topological polar surface area (TPSA) is 51.5 Å². The van der Waals surface area contributed by atoms with Crippen molar-refractivity contribution in [3.63, 3.8) is 0 Å². The van der Waals surface area contributed by atoms with Gasteiger partial charge < -0.3 is 24.3 Å². The first-order chi connectivity index (χ1) is 10.2. The summed E-state index contributed by atoms with van der Waals surface area (Å²) in [6, 6.07) is 0. The molecule has 21 heavy (non-hydrogen) atoms. The lowest BCUT2D eigenvalue weighted by Crippen LogP contribution is -2.43. The number of morpholine rings is 1. The normalized spacial score (nSPS) is 19.9. The monoisotopic (exact) mass is 296 g/mol. The van der Waals surface area contributed by atoms with Gasteiger partial charge in [0, 0.05) is 45.6 Å². The molecule has 1 atom stereocenters. The first-order valence-corrected chi connectivity index (χ1v) is 7.84. The second kappa shape index (κ2) is 8.36. The summed E-state index contributed by atoms with van der Waals surface area (Å²) in [6.07, 6.45) is 3.32. The summed E-state index contributed by atoms with van der Waals surface area (Å²) >= 11 is 0. The van der Waals surface area contributed by atoms with E-state index in [-0.39, 0.29) is 6.10 Å². The predicted molar refractivity (Wildman–Crippen MR) is 83.8 cm³/mol. The molecule has 0 radical (unpaired) electrons. The predicted octanol–water partition coefficient (Wildman–Crippen LogP) is 1.36. The molecule has 0 aromatic carbocycles. The van der Waals surface area contributed by atoms with Gasteiger partial charge in [0.05, 0.1) is 18.4 Å². The molecule has 1 aromatic heterocycles. The number of ether oxygens (including phenoxy) is 2. The number of nitrogens with one attached hydrogen (secondary N) is 1. The Morgan fingerprint density at radius 1 is 1.52 bits per heavy atom.